The number of amides is 4. The highest BCUT2D eigenvalue weighted by Gasteiger charge is 2.18. The lowest BCUT2D eigenvalue weighted by molar-refractivity contribution is 0.0686. The molecule has 16 nitrogen and oxygen atoms in total. The highest BCUT2D eigenvalue weighted by atomic mass is 16.4. The van der Waals surface area contributed by atoms with Crippen LogP contribution in [0.25, 0.3) is 21.5 Å². The first kappa shape index (κ1) is 41.0. The summed E-state index contributed by atoms with van der Waals surface area (Å²) in [6, 6.07) is 30.8. The lowest BCUT2D eigenvalue weighted by Crippen LogP contribution is -2.16. The van der Waals surface area contributed by atoms with Crippen molar-refractivity contribution in [2.45, 2.75) is 0 Å². The van der Waals surface area contributed by atoms with Crippen molar-refractivity contribution in [3.63, 3.8) is 0 Å². The zero-order valence-electron chi connectivity index (χ0n) is 31.8. The Labute approximate surface area is 349 Å². The normalized spacial score (nSPS) is 10.7. The van der Waals surface area contributed by atoms with Crippen LogP contribution in [0.15, 0.2) is 133 Å². The molecule has 0 unspecified atom stereocenters. The van der Waals surface area contributed by atoms with E-state index >= 15 is 0 Å². The number of carboxylic acid groups (broad SMARTS) is 4. The van der Waals surface area contributed by atoms with Gasteiger partial charge in [0.15, 0.2) is 0 Å². The number of anilines is 4. The molecule has 7 rings (SSSR count). The molecule has 0 saturated carbocycles. The lowest BCUT2D eigenvalue weighted by atomic mass is 10.0. The molecule has 0 bridgehead atoms. The smallest absolute Gasteiger partial charge is 0.335 e. The van der Waals surface area contributed by atoms with Crippen molar-refractivity contribution in [2.24, 2.45) is 0 Å². The summed E-state index contributed by atoms with van der Waals surface area (Å²) < 4.78 is 0. The molecule has 0 aromatic heterocycles. The zero-order chi connectivity index (χ0) is 44.2. The van der Waals surface area contributed by atoms with E-state index in [0.29, 0.717) is 32.9 Å². The van der Waals surface area contributed by atoms with Crippen molar-refractivity contribution < 1.29 is 58.8 Å². The number of carbonyl (C=O) groups excluding carboxylic acids is 4. The maximum absolute atomic E-state index is 13.2. The topological polar surface area (TPSA) is 266 Å². The second-order valence-electron chi connectivity index (χ2n) is 13.7. The molecule has 0 saturated heterocycles. The standard InChI is InChI=1S/C46H30N4O12/c51-39(49-37-21-31(45(59)60)16-25-4-6-29(43(55)56)19-35(25)37)23-8-12-33(13-9-23)47-41(53)27-2-1-3-28(18-27)42(54)48-34-14-10-24(11-15-34)40(52)50-38-22-32(46(61)62)17-26-5-7-30(44(57)58)20-36(26)38/h1-22H,(H,47,53)(H,48,54)(H,49,51)(H,50,52)(H,55,56)(H,57,58)(H,59,60)(H,61,62). The molecule has 7 aromatic rings. The summed E-state index contributed by atoms with van der Waals surface area (Å²) in [5.41, 5.74) is 1.00. The molecule has 0 fully saturated rings. The molecule has 0 heterocycles. The highest BCUT2D eigenvalue weighted by molar-refractivity contribution is 6.14. The number of carboxylic acids is 4. The van der Waals surface area contributed by atoms with Crippen LogP contribution in [-0.2, 0) is 0 Å². The number of hydrogen-bond donors (Lipinski definition) is 8. The van der Waals surface area contributed by atoms with Crippen LogP contribution >= 0.6 is 0 Å². The van der Waals surface area contributed by atoms with Gasteiger partial charge in [-0.2, -0.15) is 0 Å². The molecule has 7 aromatic carbocycles. The minimum atomic E-state index is -1.24. The van der Waals surface area contributed by atoms with E-state index in [1.807, 2.05) is 0 Å². The Balaban J connectivity index is 0.987. The molecule has 0 aliphatic carbocycles. The summed E-state index contributed by atoms with van der Waals surface area (Å²) in [6.45, 7) is 0. The highest BCUT2D eigenvalue weighted by Crippen LogP contribution is 2.30. The van der Waals surface area contributed by atoms with Gasteiger partial charge in [0.2, 0.25) is 0 Å². The maximum atomic E-state index is 13.2. The predicted octanol–water partition coefficient (Wildman–Crippen LogP) is 7.80. The van der Waals surface area contributed by atoms with Gasteiger partial charge in [-0.1, -0.05) is 18.2 Å². The number of aromatic carboxylic acids is 4. The lowest BCUT2D eigenvalue weighted by Gasteiger charge is -2.12. The Morgan fingerprint density at radius 1 is 0.306 bits per heavy atom. The molecule has 0 aliphatic heterocycles. The fraction of sp³-hybridized carbons (Fsp3) is 0. The van der Waals surface area contributed by atoms with Crippen LogP contribution in [0.1, 0.15) is 82.9 Å². The quantitative estimate of drug-likeness (QED) is 0.0586. The van der Waals surface area contributed by atoms with E-state index in [1.54, 1.807) is 0 Å². The molecule has 8 N–H and O–H groups in total. The Hall–Kier alpha value is -9.18. The Morgan fingerprint density at radius 3 is 1.00 bits per heavy atom. The fourth-order valence-electron chi connectivity index (χ4n) is 6.44. The SMILES string of the molecule is O=C(O)c1cc(NC(=O)c2ccc(NC(=O)c3cccc(C(=O)Nc4ccc(C(=O)Nc5cc(C(=O)O)cc6ccc(C(=O)O)cc56)cc4)c3)cc2)c2cc(C(=O)O)ccc2c1. The largest absolute Gasteiger partial charge is 0.478 e. The van der Waals surface area contributed by atoms with Gasteiger partial charge in [0.25, 0.3) is 23.6 Å². The van der Waals surface area contributed by atoms with E-state index in [1.165, 1.54) is 133 Å². The van der Waals surface area contributed by atoms with Gasteiger partial charge in [0, 0.05) is 55.8 Å². The van der Waals surface area contributed by atoms with Gasteiger partial charge in [-0.15, -0.1) is 0 Å². The molecule has 62 heavy (non-hydrogen) atoms. The van der Waals surface area contributed by atoms with Gasteiger partial charge in [-0.3, -0.25) is 19.2 Å². The van der Waals surface area contributed by atoms with Crippen molar-refractivity contribution >= 4 is 91.8 Å². The van der Waals surface area contributed by atoms with Crippen molar-refractivity contribution in [2.75, 3.05) is 21.3 Å². The molecular formula is C46H30N4O12. The van der Waals surface area contributed by atoms with Crippen molar-refractivity contribution in [3.05, 3.63) is 178 Å². The fourth-order valence-corrected chi connectivity index (χ4v) is 6.44. The summed E-state index contributed by atoms with van der Waals surface area (Å²) >= 11 is 0. The monoisotopic (exact) mass is 830 g/mol. The van der Waals surface area contributed by atoms with Crippen molar-refractivity contribution in [3.8, 4) is 0 Å². The summed E-state index contributed by atoms with van der Waals surface area (Å²) in [7, 11) is 0. The van der Waals surface area contributed by atoms with Crippen LogP contribution in [0.5, 0.6) is 0 Å². The summed E-state index contributed by atoms with van der Waals surface area (Å²) in [5, 5.41) is 50.1. The second-order valence-corrected chi connectivity index (χ2v) is 13.7. The molecular weight excluding hydrogens is 801 g/mol. The molecule has 4 amide bonds. The average Bonchev–Trinajstić information content (AvgIpc) is 3.26. The minimum Gasteiger partial charge on any atom is -0.478 e. The Kier molecular flexibility index (Phi) is 11.2. The van der Waals surface area contributed by atoms with E-state index in [-0.39, 0.29) is 55.9 Å². The Bertz CT molecular complexity index is 2850. The van der Waals surface area contributed by atoms with Gasteiger partial charge in [-0.25, -0.2) is 19.2 Å². The first-order valence-corrected chi connectivity index (χ1v) is 18.3. The third-order valence-electron chi connectivity index (χ3n) is 9.59. The maximum Gasteiger partial charge on any atom is 0.335 e. The summed E-state index contributed by atoms with van der Waals surface area (Å²) in [5.74, 6) is -7.28. The number of benzene rings is 7. The molecule has 16 heteroatoms. The average molecular weight is 831 g/mol. The molecule has 0 radical (unpaired) electrons. The van der Waals surface area contributed by atoms with Crippen LogP contribution in [0.2, 0.25) is 0 Å². The zero-order valence-corrected chi connectivity index (χ0v) is 31.8. The van der Waals surface area contributed by atoms with Crippen molar-refractivity contribution in [1.82, 2.24) is 0 Å². The van der Waals surface area contributed by atoms with Crippen molar-refractivity contribution in [1.29, 1.82) is 0 Å². The van der Waals surface area contributed by atoms with E-state index in [2.05, 4.69) is 21.3 Å². The molecule has 0 aliphatic rings. The number of nitrogens with one attached hydrogen (secondary N) is 4. The predicted molar refractivity (Wildman–Crippen MR) is 227 cm³/mol. The summed E-state index contributed by atoms with van der Waals surface area (Å²) in [4.78, 5) is 99.4. The van der Waals surface area contributed by atoms with Gasteiger partial charge in [-0.05, 0) is 126 Å². The van der Waals surface area contributed by atoms with Gasteiger partial charge >= 0.3 is 23.9 Å². The Morgan fingerprint density at radius 2 is 0.645 bits per heavy atom. The van der Waals surface area contributed by atoms with Gasteiger partial charge in [0.1, 0.15) is 0 Å². The van der Waals surface area contributed by atoms with Crippen LogP contribution in [0.4, 0.5) is 22.7 Å². The number of fused-ring (bicyclic) bond motifs is 2. The number of carbonyl (C=O) groups is 8. The van der Waals surface area contributed by atoms with Crippen LogP contribution in [-0.4, -0.2) is 67.9 Å². The number of hydrogen-bond acceptors (Lipinski definition) is 8. The second kappa shape index (κ2) is 17.0. The van der Waals surface area contributed by atoms with E-state index < -0.39 is 47.5 Å². The third-order valence-corrected chi connectivity index (χ3v) is 9.59. The minimum absolute atomic E-state index is 0.0570. The number of rotatable bonds is 12. The molecule has 0 atom stereocenters. The van der Waals surface area contributed by atoms with Crippen LogP contribution < -0.4 is 21.3 Å². The molecule has 306 valence electrons. The van der Waals surface area contributed by atoms with Gasteiger partial charge < -0.3 is 41.7 Å². The van der Waals surface area contributed by atoms with E-state index in [9.17, 15) is 58.8 Å². The van der Waals surface area contributed by atoms with Gasteiger partial charge in [0.05, 0.1) is 22.3 Å². The first-order valence-electron chi connectivity index (χ1n) is 18.3. The van der Waals surface area contributed by atoms with E-state index in [4.69, 9.17) is 0 Å². The summed E-state index contributed by atoms with van der Waals surface area (Å²) in [6.07, 6.45) is 0. The van der Waals surface area contributed by atoms with Crippen LogP contribution in [0, 0.1) is 0 Å². The first-order chi connectivity index (χ1) is 29.6. The van der Waals surface area contributed by atoms with Crippen LogP contribution in [0.3, 0.4) is 0 Å². The third kappa shape index (κ3) is 8.93. The van der Waals surface area contributed by atoms with E-state index in [0.717, 1.165) is 0 Å². The molecule has 0 spiro atoms.